The highest BCUT2D eigenvalue weighted by atomic mass is 35.5. The third-order valence-electron chi connectivity index (χ3n) is 4.94. The average Bonchev–Trinajstić information content (AvgIpc) is 2.74. The molecule has 0 aliphatic carbocycles. The van der Waals surface area contributed by atoms with Gasteiger partial charge in [-0.25, -0.2) is 0 Å². The fraction of sp³-hybridized carbons (Fsp3) is 0.364. The molecule has 0 bridgehead atoms. The van der Waals surface area contributed by atoms with E-state index < -0.39 is 6.10 Å². The van der Waals surface area contributed by atoms with Crippen LogP contribution in [0.1, 0.15) is 18.1 Å². The minimum atomic E-state index is -0.608. The van der Waals surface area contributed by atoms with Crippen molar-refractivity contribution in [2.45, 2.75) is 19.6 Å². The number of nitrogens with zero attached hydrogens (tertiary/aromatic N) is 3. The Morgan fingerprint density at radius 3 is 2.66 bits per heavy atom. The lowest BCUT2D eigenvalue weighted by atomic mass is 10.1. The van der Waals surface area contributed by atoms with Crippen molar-refractivity contribution >= 4 is 17.5 Å². The van der Waals surface area contributed by atoms with Crippen LogP contribution in [0.5, 0.6) is 11.5 Å². The molecule has 2 aromatic carbocycles. The van der Waals surface area contributed by atoms with E-state index in [9.17, 15) is 4.79 Å². The van der Waals surface area contributed by atoms with Crippen LogP contribution in [0.2, 0.25) is 5.02 Å². The fourth-order valence-corrected chi connectivity index (χ4v) is 3.58. The van der Waals surface area contributed by atoms with Crippen molar-refractivity contribution in [3.8, 4) is 17.6 Å². The quantitative estimate of drug-likeness (QED) is 0.726. The summed E-state index contributed by atoms with van der Waals surface area (Å²) in [5.74, 6) is 1.29. The van der Waals surface area contributed by atoms with E-state index in [0.29, 0.717) is 29.4 Å². The maximum Gasteiger partial charge on any atom is 0.263 e. The first-order valence-electron chi connectivity index (χ1n) is 9.50. The zero-order valence-electron chi connectivity index (χ0n) is 16.6. The third-order valence-corrected chi connectivity index (χ3v) is 5.18. The van der Waals surface area contributed by atoms with Crippen molar-refractivity contribution < 1.29 is 14.3 Å². The molecule has 1 heterocycles. The van der Waals surface area contributed by atoms with E-state index in [0.717, 1.165) is 30.9 Å². The van der Waals surface area contributed by atoms with Crippen molar-refractivity contribution in [2.75, 3.05) is 33.3 Å². The van der Waals surface area contributed by atoms with Gasteiger partial charge in [0.1, 0.15) is 11.5 Å². The molecule has 6 nitrogen and oxygen atoms in total. The SMILES string of the molecule is COc1ccc(Cl)cc1CN1CCN(C(=O)C(C)Oc2cccc(C#N)c2)CC1. The van der Waals surface area contributed by atoms with E-state index in [-0.39, 0.29) is 5.91 Å². The second kappa shape index (κ2) is 9.64. The van der Waals surface area contributed by atoms with E-state index in [4.69, 9.17) is 26.3 Å². The molecule has 0 saturated carbocycles. The Bertz CT molecular complexity index is 904. The van der Waals surface area contributed by atoms with Gasteiger partial charge in [-0.05, 0) is 43.3 Å². The van der Waals surface area contributed by atoms with Crippen molar-refractivity contribution in [1.29, 1.82) is 5.26 Å². The van der Waals surface area contributed by atoms with E-state index in [1.54, 1.807) is 38.3 Å². The molecule has 0 N–H and O–H groups in total. The summed E-state index contributed by atoms with van der Waals surface area (Å²) in [6.45, 7) is 5.25. The number of hydrogen-bond donors (Lipinski definition) is 0. The molecule has 1 atom stereocenters. The lowest BCUT2D eigenvalue weighted by molar-refractivity contribution is -0.139. The van der Waals surface area contributed by atoms with Gasteiger partial charge in [0.25, 0.3) is 5.91 Å². The number of amides is 1. The summed E-state index contributed by atoms with van der Waals surface area (Å²) in [6.07, 6.45) is -0.608. The molecule has 0 spiro atoms. The highest BCUT2D eigenvalue weighted by Crippen LogP contribution is 2.24. The minimum absolute atomic E-state index is 0.0488. The van der Waals surface area contributed by atoms with E-state index >= 15 is 0 Å². The van der Waals surface area contributed by atoms with Gasteiger partial charge < -0.3 is 14.4 Å². The Labute approximate surface area is 176 Å². The van der Waals surface area contributed by atoms with Crippen LogP contribution in [0.3, 0.4) is 0 Å². The predicted octanol–water partition coefficient (Wildman–Crippen LogP) is 3.33. The number of piperazine rings is 1. The van der Waals surface area contributed by atoms with Crippen LogP contribution < -0.4 is 9.47 Å². The zero-order valence-corrected chi connectivity index (χ0v) is 17.4. The molecular weight excluding hydrogens is 390 g/mol. The van der Waals surface area contributed by atoms with Gasteiger partial charge in [-0.3, -0.25) is 9.69 Å². The van der Waals surface area contributed by atoms with Gasteiger partial charge >= 0.3 is 0 Å². The lowest BCUT2D eigenvalue weighted by Gasteiger charge is -2.36. The normalized spacial score (nSPS) is 15.4. The minimum Gasteiger partial charge on any atom is -0.496 e. The van der Waals surface area contributed by atoms with Crippen LogP contribution in [0, 0.1) is 11.3 Å². The van der Waals surface area contributed by atoms with Crippen molar-refractivity contribution in [1.82, 2.24) is 9.80 Å². The number of halogens is 1. The van der Waals surface area contributed by atoms with E-state index in [1.807, 2.05) is 23.1 Å². The Morgan fingerprint density at radius 2 is 1.97 bits per heavy atom. The summed E-state index contributed by atoms with van der Waals surface area (Å²) in [7, 11) is 1.65. The molecular formula is C22H24ClN3O3. The lowest BCUT2D eigenvalue weighted by Crippen LogP contribution is -2.51. The summed E-state index contributed by atoms with van der Waals surface area (Å²) < 4.78 is 11.2. The highest BCUT2D eigenvalue weighted by molar-refractivity contribution is 6.30. The molecule has 0 radical (unpaired) electrons. The molecule has 1 aliphatic heterocycles. The predicted molar refractivity (Wildman–Crippen MR) is 111 cm³/mol. The third kappa shape index (κ3) is 5.41. The van der Waals surface area contributed by atoms with Crippen LogP contribution in [0.4, 0.5) is 0 Å². The summed E-state index contributed by atoms with van der Waals surface area (Å²) in [4.78, 5) is 16.8. The largest absolute Gasteiger partial charge is 0.496 e. The Hall–Kier alpha value is -2.75. The second-order valence-electron chi connectivity index (χ2n) is 6.96. The number of ether oxygens (including phenoxy) is 2. The molecule has 1 amide bonds. The van der Waals surface area contributed by atoms with Crippen molar-refractivity contribution in [3.05, 3.63) is 58.6 Å². The zero-order chi connectivity index (χ0) is 20.8. The second-order valence-corrected chi connectivity index (χ2v) is 7.39. The fourth-order valence-electron chi connectivity index (χ4n) is 3.39. The Kier molecular flexibility index (Phi) is 6.97. The first-order valence-corrected chi connectivity index (χ1v) is 9.88. The molecule has 3 rings (SSSR count). The number of nitriles is 1. The van der Waals surface area contributed by atoms with Gasteiger partial charge in [-0.1, -0.05) is 17.7 Å². The summed E-state index contributed by atoms with van der Waals surface area (Å²) in [5.41, 5.74) is 1.54. The standard InChI is InChI=1S/C22H24ClN3O3/c1-16(29-20-5-3-4-17(12-20)14-24)22(27)26-10-8-25(9-11-26)15-18-13-19(23)6-7-21(18)28-2/h3-7,12-13,16H,8-11,15H2,1-2H3. The Balaban J connectivity index is 1.54. The van der Waals surface area contributed by atoms with Crippen molar-refractivity contribution in [3.63, 3.8) is 0 Å². The number of carbonyl (C=O) groups excluding carboxylic acids is 1. The smallest absolute Gasteiger partial charge is 0.263 e. The maximum absolute atomic E-state index is 12.7. The molecule has 1 fully saturated rings. The molecule has 1 aliphatic rings. The number of hydrogen-bond acceptors (Lipinski definition) is 5. The highest BCUT2D eigenvalue weighted by Gasteiger charge is 2.26. The van der Waals surface area contributed by atoms with Crippen LogP contribution >= 0.6 is 11.6 Å². The van der Waals surface area contributed by atoms with Gasteiger partial charge in [-0.15, -0.1) is 0 Å². The van der Waals surface area contributed by atoms with Gasteiger partial charge in [0.2, 0.25) is 0 Å². The Morgan fingerprint density at radius 1 is 1.21 bits per heavy atom. The summed E-state index contributed by atoms with van der Waals surface area (Å²) in [6, 6.07) is 14.5. The van der Waals surface area contributed by atoms with Crippen LogP contribution in [-0.2, 0) is 11.3 Å². The molecule has 152 valence electrons. The van der Waals surface area contributed by atoms with E-state index in [1.165, 1.54) is 0 Å². The van der Waals surface area contributed by atoms with Gasteiger partial charge in [-0.2, -0.15) is 5.26 Å². The molecule has 7 heteroatoms. The van der Waals surface area contributed by atoms with Crippen LogP contribution in [-0.4, -0.2) is 55.1 Å². The monoisotopic (exact) mass is 413 g/mol. The number of carbonyl (C=O) groups is 1. The first kappa shape index (κ1) is 21.0. The van der Waals surface area contributed by atoms with Gasteiger partial charge in [0, 0.05) is 43.3 Å². The molecule has 1 unspecified atom stereocenters. The van der Waals surface area contributed by atoms with Crippen LogP contribution in [0.15, 0.2) is 42.5 Å². The average molecular weight is 414 g/mol. The first-order chi connectivity index (χ1) is 14.0. The van der Waals surface area contributed by atoms with Crippen LogP contribution in [0.25, 0.3) is 0 Å². The topological polar surface area (TPSA) is 65.8 Å². The molecule has 2 aromatic rings. The van der Waals surface area contributed by atoms with Gasteiger partial charge in [0.15, 0.2) is 6.10 Å². The maximum atomic E-state index is 12.7. The number of methoxy groups -OCH3 is 1. The van der Waals surface area contributed by atoms with Crippen molar-refractivity contribution in [2.24, 2.45) is 0 Å². The van der Waals surface area contributed by atoms with E-state index in [2.05, 4.69) is 11.0 Å². The number of benzene rings is 2. The molecule has 0 aromatic heterocycles. The summed E-state index contributed by atoms with van der Waals surface area (Å²) >= 11 is 6.12. The number of rotatable bonds is 6. The molecule has 1 saturated heterocycles. The molecule has 29 heavy (non-hydrogen) atoms. The summed E-state index contributed by atoms with van der Waals surface area (Å²) in [5, 5.41) is 9.67. The van der Waals surface area contributed by atoms with Gasteiger partial charge in [0.05, 0.1) is 18.7 Å².